The van der Waals surface area contributed by atoms with Gasteiger partial charge in [-0.2, -0.15) is 13.2 Å². The van der Waals surface area contributed by atoms with E-state index in [4.69, 9.17) is 9.47 Å². The number of halogens is 3. The van der Waals surface area contributed by atoms with E-state index in [-0.39, 0.29) is 31.2 Å². The van der Waals surface area contributed by atoms with Crippen LogP contribution in [0.5, 0.6) is 11.5 Å². The summed E-state index contributed by atoms with van der Waals surface area (Å²) in [6.07, 6.45) is -2.80. The Kier molecular flexibility index (Phi) is 6.27. The zero-order valence-corrected chi connectivity index (χ0v) is 18.3. The lowest BCUT2D eigenvalue weighted by molar-refractivity contribution is -0.182. The minimum Gasteiger partial charge on any atom is -0.496 e. The first-order chi connectivity index (χ1) is 15.2. The normalized spacial score (nSPS) is 19.2. The number of hydrogen-bond donors (Lipinski definition) is 1. The molecule has 1 aliphatic rings. The number of methoxy groups -OCH3 is 1. The molecule has 1 aliphatic carbocycles. The number of nitrogens with zero attached hydrogens (tertiary/aromatic N) is 2. The molecule has 7 nitrogen and oxygen atoms in total. The van der Waals surface area contributed by atoms with E-state index in [0.29, 0.717) is 29.9 Å². The molecule has 4 rings (SSSR count). The lowest BCUT2D eigenvalue weighted by Gasteiger charge is -2.28. The molecule has 0 amide bonds. The number of rotatable bonds is 6. The first kappa shape index (κ1) is 22.4. The van der Waals surface area contributed by atoms with Crippen molar-refractivity contribution in [3.63, 3.8) is 0 Å². The number of nitrogens with one attached hydrogen (secondary N) is 1. The van der Waals surface area contributed by atoms with Gasteiger partial charge in [0.15, 0.2) is 5.82 Å². The van der Waals surface area contributed by atoms with Gasteiger partial charge >= 0.3 is 11.9 Å². The van der Waals surface area contributed by atoms with Crippen molar-refractivity contribution in [3.05, 3.63) is 44.3 Å². The Labute approximate surface area is 185 Å². The van der Waals surface area contributed by atoms with E-state index in [1.165, 1.54) is 18.4 Å². The van der Waals surface area contributed by atoms with Crippen molar-refractivity contribution in [3.8, 4) is 22.9 Å². The molecular weight excluding hydrogens is 447 g/mol. The van der Waals surface area contributed by atoms with E-state index < -0.39 is 17.9 Å². The van der Waals surface area contributed by atoms with Gasteiger partial charge in [-0.05, 0) is 44.7 Å². The van der Waals surface area contributed by atoms with Crippen LogP contribution in [0.3, 0.4) is 0 Å². The van der Waals surface area contributed by atoms with Gasteiger partial charge in [0.05, 0.1) is 34.2 Å². The van der Waals surface area contributed by atoms with Crippen molar-refractivity contribution in [1.82, 2.24) is 15.1 Å². The molecule has 2 heterocycles. The first-order valence-electron chi connectivity index (χ1n) is 10.1. The summed E-state index contributed by atoms with van der Waals surface area (Å²) in [4.78, 5) is 19.2. The van der Waals surface area contributed by atoms with Crippen molar-refractivity contribution in [1.29, 1.82) is 0 Å². The second-order valence-corrected chi connectivity index (χ2v) is 8.86. The van der Waals surface area contributed by atoms with Gasteiger partial charge in [0.1, 0.15) is 18.1 Å². The Morgan fingerprint density at radius 1 is 1.25 bits per heavy atom. The quantitative estimate of drug-likeness (QED) is 0.533. The molecule has 0 atom stereocenters. The van der Waals surface area contributed by atoms with E-state index in [2.05, 4.69) is 19.6 Å². The summed E-state index contributed by atoms with van der Waals surface area (Å²) in [5, 5.41) is 4.54. The molecule has 3 aromatic rings. The van der Waals surface area contributed by atoms with Crippen LogP contribution in [0.25, 0.3) is 11.4 Å². The van der Waals surface area contributed by atoms with Gasteiger partial charge in [-0.15, -0.1) is 11.3 Å². The Morgan fingerprint density at radius 2 is 2.00 bits per heavy atom. The number of aryl methyl sites for hydroxylation is 1. The molecule has 1 aromatic carbocycles. The zero-order valence-electron chi connectivity index (χ0n) is 17.5. The Hall–Kier alpha value is -2.82. The summed E-state index contributed by atoms with van der Waals surface area (Å²) in [5.41, 5.74) is 1.38. The number of aromatic nitrogens is 3. The lowest BCUT2D eigenvalue weighted by atomic mass is 9.82. The van der Waals surface area contributed by atoms with Crippen molar-refractivity contribution in [2.45, 2.75) is 51.3 Å². The van der Waals surface area contributed by atoms with Crippen molar-refractivity contribution in [2.75, 3.05) is 7.11 Å². The van der Waals surface area contributed by atoms with Gasteiger partial charge in [0.2, 0.25) is 0 Å². The number of hydrogen-bond acceptors (Lipinski definition) is 7. The number of ether oxygens (including phenoxy) is 2. The fraction of sp³-hybridized carbons (Fsp3) is 0.476. The number of aromatic amines is 1. The average molecular weight is 469 g/mol. The molecule has 0 aliphatic heterocycles. The Bertz CT molecular complexity index is 1130. The SMILES string of the molecule is COc1cc(OCc2sc(C3CCC(C(F)(F)F)CC3)nc2C)ccc1-c1noc(=O)[nH]1. The van der Waals surface area contributed by atoms with Crippen LogP contribution in [0.4, 0.5) is 13.2 Å². The third-order valence-corrected chi connectivity index (χ3v) is 6.98. The van der Waals surface area contributed by atoms with E-state index in [9.17, 15) is 18.0 Å². The Balaban J connectivity index is 1.41. The summed E-state index contributed by atoms with van der Waals surface area (Å²) in [7, 11) is 1.49. The van der Waals surface area contributed by atoms with Crippen LogP contribution in [-0.4, -0.2) is 28.4 Å². The summed E-state index contributed by atoms with van der Waals surface area (Å²) < 4.78 is 54.5. The van der Waals surface area contributed by atoms with Gasteiger partial charge in [-0.1, -0.05) is 5.16 Å². The predicted molar refractivity (Wildman–Crippen MR) is 111 cm³/mol. The molecule has 1 saturated carbocycles. The van der Waals surface area contributed by atoms with Crippen molar-refractivity contribution >= 4 is 11.3 Å². The van der Waals surface area contributed by atoms with Crippen LogP contribution in [0.1, 0.15) is 47.2 Å². The molecule has 0 spiro atoms. The fourth-order valence-electron chi connectivity index (χ4n) is 3.88. The van der Waals surface area contributed by atoms with Gasteiger partial charge < -0.3 is 9.47 Å². The summed E-state index contributed by atoms with van der Waals surface area (Å²) in [6, 6.07) is 5.10. The zero-order chi connectivity index (χ0) is 22.9. The highest BCUT2D eigenvalue weighted by Crippen LogP contribution is 2.44. The number of alkyl halides is 3. The van der Waals surface area contributed by atoms with Gasteiger partial charge in [0, 0.05) is 12.0 Å². The van der Waals surface area contributed by atoms with Crippen LogP contribution in [0, 0.1) is 12.8 Å². The molecule has 0 bridgehead atoms. The second-order valence-electron chi connectivity index (χ2n) is 7.75. The smallest absolute Gasteiger partial charge is 0.439 e. The predicted octanol–water partition coefficient (Wildman–Crippen LogP) is 5.22. The summed E-state index contributed by atoms with van der Waals surface area (Å²) in [6.45, 7) is 2.16. The van der Waals surface area contributed by atoms with E-state index in [1.807, 2.05) is 6.92 Å². The van der Waals surface area contributed by atoms with Gasteiger partial charge in [-0.3, -0.25) is 9.51 Å². The molecule has 1 N–H and O–H groups in total. The molecule has 32 heavy (non-hydrogen) atoms. The van der Waals surface area contributed by atoms with E-state index in [0.717, 1.165) is 15.6 Å². The maximum Gasteiger partial charge on any atom is 0.439 e. The molecule has 0 radical (unpaired) electrons. The molecule has 0 saturated heterocycles. The van der Waals surface area contributed by atoms with Crippen molar-refractivity contribution < 1.29 is 27.2 Å². The minimum atomic E-state index is -4.11. The number of H-pyrrole nitrogens is 1. The van der Waals surface area contributed by atoms with Crippen LogP contribution >= 0.6 is 11.3 Å². The molecule has 172 valence electrons. The highest BCUT2D eigenvalue weighted by Gasteiger charge is 2.42. The van der Waals surface area contributed by atoms with Gasteiger partial charge in [-0.25, -0.2) is 9.78 Å². The molecule has 11 heteroatoms. The maximum atomic E-state index is 12.9. The highest BCUT2D eigenvalue weighted by molar-refractivity contribution is 7.11. The van der Waals surface area contributed by atoms with Crippen LogP contribution in [0.2, 0.25) is 0 Å². The monoisotopic (exact) mass is 469 g/mol. The summed E-state index contributed by atoms with van der Waals surface area (Å²) >= 11 is 1.50. The molecule has 1 fully saturated rings. The number of thiazole rings is 1. The molecular formula is C21H22F3N3O4S. The first-order valence-corrected chi connectivity index (χ1v) is 11.0. The topological polar surface area (TPSA) is 90.2 Å². The van der Waals surface area contributed by atoms with E-state index in [1.54, 1.807) is 18.2 Å². The lowest BCUT2D eigenvalue weighted by Crippen LogP contribution is -2.27. The number of benzene rings is 1. The van der Waals surface area contributed by atoms with E-state index >= 15 is 0 Å². The molecule has 2 aromatic heterocycles. The third-order valence-electron chi connectivity index (χ3n) is 5.69. The second kappa shape index (κ2) is 8.97. The fourth-order valence-corrected chi connectivity index (χ4v) is 5.03. The minimum absolute atomic E-state index is 0.0649. The highest BCUT2D eigenvalue weighted by atomic mass is 32.1. The average Bonchev–Trinajstić information content (AvgIpc) is 3.37. The van der Waals surface area contributed by atoms with Gasteiger partial charge in [0.25, 0.3) is 0 Å². The van der Waals surface area contributed by atoms with Crippen molar-refractivity contribution in [2.24, 2.45) is 5.92 Å². The maximum absolute atomic E-state index is 12.9. The molecule has 0 unspecified atom stereocenters. The van der Waals surface area contributed by atoms with Crippen LogP contribution in [0.15, 0.2) is 27.5 Å². The summed E-state index contributed by atoms with van der Waals surface area (Å²) in [5.74, 6) is -0.537. The Morgan fingerprint density at radius 3 is 2.62 bits per heavy atom. The van der Waals surface area contributed by atoms with Crippen LogP contribution in [-0.2, 0) is 6.61 Å². The van der Waals surface area contributed by atoms with Crippen LogP contribution < -0.4 is 15.2 Å². The standard InChI is InChI=1S/C21H22F3N3O4S/c1-11-17(32-19(25-11)12-3-5-13(6-4-12)21(22,23)24)10-30-14-7-8-15(16(9-14)29-2)18-26-20(28)31-27-18/h7-9,12-13H,3-6,10H2,1-2H3,(H,26,27,28). The largest absolute Gasteiger partial charge is 0.496 e. The third kappa shape index (κ3) is 4.82.